The van der Waals surface area contributed by atoms with Crippen LogP contribution in [0, 0.1) is 0 Å². The molecule has 3 heterocycles. The molecule has 2 aromatic carbocycles. The van der Waals surface area contributed by atoms with Gasteiger partial charge in [0.15, 0.2) is 11.0 Å². The van der Waals surface area contributed by atoms with Crippen LogP contribution in [-0.2, 0) is 9.53 Å². The van der Waals surface area contributed by atoms with Crippen LogP contribution in [-0.4, -0.2) is 50.7 Å². The first kappa shape index (κ1) is 19.8. The molecule has 1 aliphatic rings. The van der Waals surface area contributed by atoms with Crippen LogP contribution in [0.4, 0.5) is 0 Å². The molecule has 0 aliphatic carbocycles. The van der Waals surface area contributed by atoms with Crippen LogP contribution < -0.4 is 5.32 Å². The van der Waals surface area contributed by atoms with E-state index in [1.807, 2.05) is 53.1 Å². The van der Waals surface area contributed by atoms with Crippen molar-refractivity contribution in [3.63, 3.8) is 0 Å². The summed E-state index contributed by atoms with van der Waals surface area (Å²) in [6, 6.07) is 20.1. The van der Waals surface area contributed by atoms with E-state index in [9.17, 15) is 4.79 Å². The third kappa shape index (κ3) is 4.35. The Morgan fingerprint density at radius 2 is 2.00 bits per heavy atom. The van der Waals surface area contributed by atoms with Crippen molar-refractivity contribution in [3.05, 3.63) is 60.7 Å². The van der Waals surface area contributed by atoms with E-state index < -0.39 is 0 Å². The van der Waals surface area contributed by atoms with Gasteiger partial charge >= 0.3 is 0 Å². The lowest BCUT2D eigenvalue weighted by Crippen LogP contribution is -2.32. The van der Waals surface area contributed by atoms with Gasteiger partial charge in [-0.2, -0.15) is 0 Å². The maximum atomic E-state index is 12.4. The number of hydrogen-bond donors (Lipinski definition) is 2. The lowest BCUT2D eigenvalue weighted by molar-refractivity contribution is -0.119. The summed E-state index contributed by atoms with van der Waals surface area (Å²) in [6.45, 7) is 1.34. The van der Waals surface area contributed by atoms with Crippen LogP contribution >= 0.6 is 11.8 Å². The zero-order valence-corrected chi connectivity index (χ0v) is 17.8. The molecule has 1 fully saturated rings. The first-order chi connectivity index (χ1) is 15.3. The molecule has 5 rings (SSSR count). The molecule has 0 unspecified atom stereocenters. The van der Waals surface area contributed by atoms with Gasteiger partial charge < -0.3 is 15.0 Å². The molecule has 31 heavy (non-hydrogen) atoms. The van der Waals surface area contributed by atoms with Crippen molar-refractivity contribution < 1.29 is 9.53 Å². The molecule has 2 N–H and O–H groups in total. The number of fused-ring (bicyclic) bond motifs is 1. The van der Waals surface area contributed by atoms with Gasteiger partial charge in [-0.1, -0.05) is 48.2 Å². The summed E-state index contributed by atoms with van der Waals surface area (Å²) in [5.74, 6) is 0.949. The average Bonchev–Trinajstić information content (AvgIpc) is 3.55. The van der Waals surface area contributed by atoms with Crippen molar-refractivity contribution in [3.8, 4) is 17.2 Å². The number of aromatic nitrogens is 4. The van der Waals surface area contributed by atoms with Gasteiger partial charge in [-0.05, 0) is 37.1 Å². The van der Waals surface area contributed by atoms with Gasteiger partial charge in [-0.25, -0.2) is 0 Å². The number of para-hydroxylation sites is 2. The van der Waals surface area contributed by atoms with Gasteiger partial charge in [0.1, 0.15) is 0 Å². The number of ether oxygens (including phenoxy) is 1. The van der Waals surface area contributed by atoms with E-state index >= 15 is 0 Å². The number of aromatic amines is 1. The van der Waals surface area contributed by atoms with Crippen LogP contribution in [0.1, 0.15) is 12.8 Å². The number of nitrogens with zero attached hydrogens (tertiary/aromatic N) is 3. The fourth-order valence-corrected chi connectivity index (χ4v) is 4.54. The molecule has 1 aliphatic heterocycles. The number of carbonyl (C=O) groups excluding carboxylic acids is 1. The molecule has 1 atom stereocenters. The number of H-pyrrole nitrogens is 1. The maximum Gasteiger partial charge on any atom is 0.230 e. The molecule has 158 valence electrons. The van der Waals surface area contributed by atoms with Crippen molar-refractivity contribution in [2.75, 3.05) is 18.9 Å². The Morgan fingerprint density at radius 1 is 1.16 bits per heavy atom. The van der Waals surface area contributed by atoms with E-state index in [2.05, 4.69) is 32.6 Å². The van der Waals surface area contributed by atoms with Crippen molar-refractivity contribution >= 4 is 28.6 Å². The lowest BCUT2D eigenvalue weighted by atomic mass is 10.2. The Morgan fingerprint density at radius 3 is 2.81 bits per heavy atom. The number of benzene rings is 2. The summed E-state index contributed by atoms with van der Waals surface area (Å²) in [7, 11) is 0. The third-order valence-corrected chi connectivity index (χ3v) is 6.23. The predicted molar refractivity (Wildman–Crippen MR) is 121 cm³/mol. The standard InChI is InChI=1S/C23H23N5O2S/c29-21(24-14-18-10-6-12-30-18)15-31-23-27-26-22(28(23)17-8-2-1-3-9-17)20-13-16-7-4-5-11-19(16)25-20/h1-5,7-9,11,13,18,25H,6,10,12,14-15H2,(H,24,29)/t18-/m0/s1. The van der Waals surface area contributed by atoms with Gasteiger partial charge in [-0.3, -0.25) is 9.36 Å². The van der Waals surface area contributed by atoms with Crippen LogP contribution in [0.2, 0.25) is 0 Å². The van der Waals surface area contributed by atoms with Gasteiger partial charge in [0.05, 0.1) is 17.6 Å². The Labute approximate surface area is 184 Å². The van der Waals surface area contributed by atoms with E-state index in [-0.39, 0.29) is 17.8 Å². The number of rotatable bonds is 7. The molecular formula is C23H23N5O2S. The molecule has 1 amide bonds. The zero-order valence-electron chi connectivity index (χ0n) is 17.0. The van der Waals surface area contributed by atoms with Crippen LogP contribution in [0.25, 0.3) is 28.1 Å². The largest absolute Gasteiger partial charge is 0.376 e. The zero-order chi connectivity index (χ0) is 21.0. The molecule has 0 radical (unpaired) electrons. The summed E-state index contributed by atoms with van der Waals surface area (Å²) >= 11 is 1.38. The summed E-state index contributed by atoms with van der Waals surface area (Å²) < 4.78 is 7.56. The van der Waals surface area contributed by atoms with Crippen molar-refractivity contribution in [2.45, 2.75) is 24.1 Å². The minimum absolute atomic E-state index is 0.0322. The summed E-state index contributed by atoms with van der Waals surface area (Å²) in [5.41, 5.74) is 2.87. The fourth-order valence-electron chi connectivity index (χ4n) is 3.76. The van der Waals surface area contributed by atoms with Gasteiger partial charge in [-0.15, -0.1) is 10.2 Å². The highest BCUT2D eigenvalue weighted by atomic mass is 32.2. The molecule has 7 nitrogen and oxygen atoms in total. The molecule has 0 saturated carbocycles. The molecule has 0 spiro atoms. The van der Waals surface area contributed by atoms with Crippen molar-refractivity contribution in [2.24, 2.45) is 0 Å². The molecular weight excluding hydrogens is 410 g/mol. The molecule has 2 aromatic heterocycles. The Bertz CT molecular complexity index is 1150. The number of hydrogen-bond acceptors (Lipinski definition) is 5. The Kier molecular flexibility index (Phi) is 5.73. The van der Waals surface area contributed by atoms with E-state index in [0.717, 1.165) is 41.7 Å². The normalized spacial score (nSPS) is 16.1. The third-order valence-electron chi connectivity index (χ3n) is 5.30. The smallest absolute Gasteiger partial charge is 0.230 e. The first-order valence-electron chi connectivity index (χ1n) is 10.4. The minimum atomic E-state index is -0.0322. The number of amides is 1. The quantitative estimate of drug-likeness (QED) is 0.433. The number of nitrogens with one attached hydrogen (secondary N) is 2. The van der Waals surface area contributed by atoms with Crippen molar-refractivity contribution in [1.82, 2.24) is 25.1 Å². The predicted octanol–water partition coefficient (Wildman–Crippen LogP) is 3.80. The van der Waals surface area contributed by atoms with Crippen LogP contribution in [0.5, 0.6) is 0 Å². The second-order valence-electron chi connectivity index (χ2n) is 7.48. The average molecular weight is 434 g/mol. The topological polar surface area (TPSA) is 84.8 Å². The van der Waals surface area contributed by atoms with Crippen LogP contribution in [0.15, 0.2) is 65.8 Å². The molecule has 8 heteroatoms. The van der Waals surface area contributed by atoms with Crippen molar-refractivity contribution in [1.29, 1.82) is 0 Å². The van der Waals surface area contributed by atoms with Gasteiger partial charge in [0.2, 0.25) is 5.91 Å². The minimum Gasteiger partial charge on any atom is -0.376 e. The Hall–Kier alpha value is -3.10. The second-order valence-corrected chi connectivity index (χ2v) is 8.42. The van der Waals surface area contributed by atoms with E-state index in [1.54, 1.807) is 0 Å². The summed E-state index contributed by atoms with van der Waals surface area (Å²) in [5, 5.41) is 13.6. The fraction of sp³-hybridized carbons (Fsp3) is 0.261. The van der Waals surface area contributed by atoms with E-state index in [1.165, 1.54) is 11.8 Å². The number of thioether (sulfide) groups is 1. The highest BCUT2D eigenvalue weighted by Gasteiger charge is 2.20. The second kappa shape index (κ2) is 8.95. The summed E-state index contributed by atoms with van der Waals surface area (Å²) in [6.07, 6.45) is 2.20. The number of carbonyl (C=O) groups is 1. The molecule has 0 bridgehead atoms. The highest BCUT2D eigenvalue weighted by molar-refractivity contribution is 7.99. The molecule has 4 aromatic rings. The van der Waals surface area contributed by atoms with E-state index in [0.29, 0.717) is 17.5 Å². The lowest BCUT2D eigenvalue weighted by Gasteiger charge is -2.11. The highest BCUT2D eigenvalue weighted by Crippen LogP contribution is 2.29. The van der Waals surface area contributed by atoms with Crippen LogP contribution in [0.3, 0.4) is 0 Å². The SMILES string of the molecule is O=C(CSc1nnc(-c2cc3ccccc3[nH]2)n1-c1ccccc1)NC[C@@H]1CCCO1. The first-order valence-corrected chi connectivity index (χ1v) is 11.4. The summed E-state index contributed by atoms with van der Waals surface area (Å²) in [4.78, 5) is 15.8. The Balaban J connectivity index is 1.39. The monoisotopic (exact) mass is 433 g/mol. The van der Waals surface area contributed by atoms with E-state index in [4.69, 9.17) is 4.74 Å². The molecule has 1 saturated heterocycles. The van der Waals surface area contributed by atoms with Gasteiger partial charge in [0, 0.05) is 29.7 Å². The van der Waals surface area contributed by atoms with Gasteiger partial charge in [0.25, 0.3) is 0 Å². The maximum absolute atomic E-state index is 12.4.